The minimum Gasteiger partial charge on any atom is -0.320 e. The van der Waals surface area contributed by atoms with Crippen molar-refractivity contribution in [1.29, 1.82) is 0 Å². The van der Waals surface area contributed by atoms with Gasteiger partial charge in [-0.15, -0.1) is 10.2 Å². The summed E-state index contributed by atoms with van der Waals surface area (Å²) < 4.78 is 28.5. The molecule has 0 radical (unpaired) electrons. The summed E-state index contributed by atoms with van der Waals surface area (Å²) in [6, 6.07) is 6.82. The molecule has 0 saturated carbocycles. The maximum absolute atomic E-state index is 13.5. The Balaban J connectivity index is 1.67. The molecule has 3 rings (SSSR count). The lowest BCUT2D eigenvalue weighted by Gasteiger charge is -2.07. The first-order valence-electron chi connectivity index (χ1n) is 6.60. The van der Waals surface area contributed by atoms with Crippen molar-refractivity contribution < 1.29 is 13.6 Å². The van der Waals surface area contributed by atoms with Crippen LogP contribution in [0.2, 0.25) is 0 Å². The van der Waals surface area contributed by atoms with E-state index in [1.165, 1.54) is 6.07 Å². The SMILES string of the molecule is Cc1nnc2ccc(SCC(=O)Nc3c(F)cccc3F)nn12. The van der Waals surface area contributed by atoms with Crippen LogP contribution in [0.25, 0.3) is 5.65 Å². The Morgan fingerprint density at radius 1 is 1.22 bits per heavy atom. The molecule has 9 heteroatoms. The van der Waals surface area contributed by atoms with Gasteiger partial charge >= 0.3 is 0 Å². The molecule has 23 heavy (non-hydrogen) atoms. The van der Waals surface area contributed by atoms with Gasteiger partial charge in [0.05, 0.1) is 5.75 Å². The first kappa shape index (κ1) is 15.3. The number of nitrogens with one attached hydrogen (secondary N) is 1. The zero-order valence-corrected chi connectivity index (χ0v) is 12.8. The average molecular weight is 335 g/mol. The van der Waals surface area contributed by atoms with Crippen LogP contribution in [0.3, 0.4) is 0 Å². The van der Waals surface area contributed by atoms with Crippen LogP contribution in [0.5, 0.6) is 0 Å². The standard InChI is InChI=1S/C14H11F2N5OS/c1-8-18-19-11-5-6-13(20-21(8)11)23-7-12(22)17-14-9(15)3-2-4-10(14)16/h2-6H,7H2,1H3,(H,17,22). The highest BCUT2D eigenvalue weighted by atomic mass is 32.2. The number of thioether (sulfide) groups is 1. The van der Waals surface area contributed by atoms with Crippen LogP contribution < -0.4 is 5.32 Å². The van der Waals surface area contributed by atoms with Gasteiger partial charge in [0.1, 0.15) is 22.3 Å². The number of anilines is 1. The summed E-state index contributed by atoms with van der Waals surface area (Å²) in [6.07, 6.45) is 0. The van der Waals surface area contributed by atoms with Gasteiger partial charge in [0, 0.05) is 0 Å². The molecule has 0 saturated heterocycles. The normalized spacial score (nSPS) is 10.9. The number of fused-ring (bicyclic) bond motifs is 1. The molecule has 6 nitrogen and oxygen atoms in total. The van der Waals surface area contributed by atoms with E-state index in [2.05, 4.69) is 20.6 Å². The molecule has 1 amide bonds. The molecule has 0 aliphatic heterocycles. The summed E-state index contributed by atoms with van der Waals surface area (Å²) in [7, 11) is 0. The van der Waals surface area contributed by atoms with Crippen molar-refractivity contribution in [2.45, 2.75) is 11.9 Å². The van der Waals surface area contributed by atoms with Crippen molar-refractivity contribution in [2.24, 2.45) is 0 Å². The minimum atomic E-state index is -0.817. The Morgan fingerprint density at radius 3 is 2.70 bits per heavy atom. The predicted molar refractivity (Wildman–Crippen MR) is 81.2 cm³/mol. The van der Waals surface area contributed by atoms with Crippen molar-refractivity contribution in [1.82, 2.24) is 19.8 Å². The lowest BCUT2D eigenvalue weighted by Crippen LogP contribution is -2.16. The van der Waals surface area contributed by atoms with Crippen LogP contribution in [-0.2, 0) is 4.79 Å². The highest BCUT2D eigenvalue weighted by Crippen LogP contribution is 2.20. The van der Waals surface area contributed by atoms with Gasteiger partial charge in [-0.2, -0.15) is 9.61 Å². The van der Waals surface area contributed by atoms with E-state index >= 15 is 0 Å². The fraction of sp³-hybridized carbons (Fsp3) is 0.143. The number of halogens is 2. The van der Waals surface area contributed by atoms with Gasteiger partial charge in [-0.1, -0.05) is 17.8 Å². The molecule has 2 heterocycles. The van der Waals surface area contributed by atoms with Crippen molar-refractivity contribution in [2.75, 3.05) is 11.1 Å². The lowest BCUT2D eigenvalue weighted by molar-refractivity contribution is -0.113. The summed E-state index contributed by atoms with van der Waals surface area (Å²) in [5.41, 5.74) is 0.154. The molecule has 0 aliphatic rings. The van der Waals surface area contributed by atoms with E-state index < -0.39 is 23.2 Å². The number of carbonyl (C=O) groups excluding carboxylic acids is 1. The Morgan fingerprint density at radius 2 is 1.96 bits per heavy atom. The second kappa shape index (κ2) is 6.29. The maximum Gasteiger partial charge on any atom is 0.234 e. The molecule has 0 spiro atoms. The third-order valence-corrected chi connectivity index (χ3v) is 3.89. The Kier molecular flexibility index (Phi) is 4.20. The molecule has 1 N–H and O–H groups in total. The summed E-state index contributed by atoms with van der Waals surface area (Å²) in [5.74, 6) is -1.57. The van der Waals surface area contributed by atoms with E-state index in [4.69, 9.17) is 0 Å². The minimum absolute atomic E-state index is 0.0343. The fourth-order valence-corrected chi connectivity index (χ4v) is 2.54. The summed E-state index contributed by atoms with van der Waals surface area (Å²) >= 11 is 1.14. The van der Waals surface area contributed by atoms with Crippen molar-refractivity contribution in [3.8, 4) is 0 Å². The van der Waals surface area contributed by atoms with Gasteiger partial charge in [0.2, 0.25) is 5.91 Å². The van der Waals surface area contributed by atoms with Gasteiger partial charge < -0.3 is 5.32 Å². The number of hydrogen-bond acceptors (Lipinski definition) is 5. The van der Waals surface area contributed by atoms with E-state index in [1.807, 2.05) is 0 Å². The highest BCUT2D eigenvalue weighted by Gasteiger charge is 2.12. The number of aromatic nitrogens is 4. The van der Waals surface area contributed by atoms with E-state index in [1.54, 1.807) is 23.6 Å². The summed E-state index contributed by atoms with van der Waals surface area (Å²) in [6.45, 7) is 1.76. The Bertz CT molecular complexity index is 862. The molecule has 2 aromatic heterocycles. The second-order valence-electron chi connectivity index (χ2n) is 4.62. The van der Waals surface area contributed by atoms with Gasteiger partial charge in [-0.3, -0.25) is 4.79 Å². The molecule has 118 valence electrons. The molecule has 0 fully saturated rings. The van der Waals surface area contributed by atoms with Crippen LogP contribution in [0.1, 0.15) is 5.82 Å². The fourth-order valence-electron chi connectivity index (χ4n) is 1.89. The van der Waals surface area contributed by atoms with Crippen LogP contribution in [0.4, 0.5) is 14.5 Å². The van der Waals surface area contributed by atoms with Crippen LogP contribution in [0.15, 0.2) is 35.4 Å². The van der Waals surface area contributed by atoms with Crippen molar-refractivity contribution in [3.63, 3.8) is 0 Å². The largest absolute Gasteiger partial charge is 0.320 e. The van der Waals surface area contributed by atoms with Gasteiger partial charge in [0.15, 0.2) is 11.5 Å². The van der Waals surface area contributed by atoms with E-state index in [-0.39, 0.29) is 5.75 Å². The molecular weight excluding hydrogens is 324 g/mol. The first-order valence-corrected chi connectivity index (χ1v) is 7.59. The van der Waals surface area contributed by atoms with E-state index in [0.717, 1.165) is 23.9 Å². The van der Waals surface area contributed by atoms with Crippen LogP contribution >= 0.6 is 11.8 Å². The quantitative estimate of drug-likeness (QED) is 0.742. The first-order chi connectivity index (χ1) is 11.0. The zero-order valence-electron chi connectivity index (χ0n) is 12.0. The Labute approximate surface area is 133 Å². The molecule has 0 aliphatic carbocycles. The number of hydrogen-bond donors (Lipinski definition) is 1. The number of carbonyl (C=O) groups is 1. The number of para-hydroxylation sites is 1. The lowest BCUT2D eigenvalue weighted by atomic mass is 10.3. The number of aryl methyl sites for hydroxylation is 1. The maximum atomic E-state index is 13.5. The monoisotopic (exact) mass is 335 g/mol. The van der Waals surface area contributed by atoms with E-state index in [9.17, 15) is 13.6 Å². The molecule has 1 aromatic carbocycles. The third-order valence-electron chi connectivity index (χ3n) is 2.97. The van der Waals surface area contributed by atoms with E-state index in [0.29, 0.717) is 16.5 Å². The summed E-state index contributed by atoms with van der Waals surface area (Å²) in [4.78, 5) is 11.8. The second-order valence-corrected chi connectivity index (χ2v) is 5.62. The number of nitrogens with zero attached hydrogens (tertiary/aromatic N) is 4. The van der Waals surface area contributed by atoms with Crippen LogP contribution in [0, 0.1) is 18.6 Å². The average Bonchev–Trinajstić information content (AvgIpc) is 2.90. The number of rotatable bonds is 4. The Hall–Kier alpha value is -2.55. The molecular formula is C14H11F2N5OS. The predicted octanol–water partition coefficient (Wildman–Crippen LogP) is 2.44. The highest BCUT2D eigenvalue weighted by molar-refractivity contribution is 7.99. The number of amides is 1. The molecule has 3 aromatic rings. The van der Waals surface area contributed by atoms with Crippen molar-refractivity contribution >= 4 is 29.0 Å². The number of benzene rings is 1. The smallest absolute Gasteiger partial charge is 0.234 e. The molecule has 0 atom stereocenters. The van der Waals surface area contributed by atoms with Crippen molar-refractivity contribution in [3.05, 3.63) is 47.8 Å². The summed E-state index contributed by atoms with van der Waals surface area (Å²) in [5, 5.41) is 14.9. The molecule has 0 unspecified atom stereocenters. The van der Waals surface area contributed by atoms with Crippen LogP contribution in [-0.4, -0.2) is 31.5 Å². The molecule has 0 bridgehead atoms. The van der Waals surface area contributed by atoms with Gasteiger partial charge in [-0.25, -0.2) is 8.78 Å². The zero-order chi connectivity index (χ0) is 16.4. The topological polar surface area (TPSA) is 72.2 Å². The van der Waals surface area contributed by atoms with Gasteiger partial charge in [0.25, 0.3) is 0 Å². The third kappa shape index (κ3) is 3.29. The van der Waals surface area contributed by atoms with Gasteiger partial charge in [-0.05, 0) is 31.2 Å².